The number of aromatic carboxylic acids is 1. The predicted octanol–water partition coefficient (Wildman–Crippen LogP) is 3.02. The van der Waals surface area contributed by atoms with Crippen LogP contribution >= 0.6 is 11.3 Å². The van der Waals surface area contributed by atoms with Crippen LogP contribution in [0.3, 0.4) is 0 Å². The fourth-order valence-electron chi connectivity index (χ4n) is 2.52. The summed E-state index contributed by atoms with van der Waals surface area (Å²) >= 11 is 1.69. The predicted molar refractivity (Wildman–Crippen MR) is 81.7 cm³/mol. The van der Waals surface area contributed by atoms with Gasteiger partial charge < -0.3 is 9.84 Å². The third kappa shape index (κ3) is 3.50. The molecule has 1 saturated heterocycles. The molecule has 5 heteroatoms. The molecule has 0 aliphatic carbocycles. The van der Waals surface area contributed by atoms with Crippen molar-refractivity contribution < 1.29 is 14.6 Å². The Hall–Kier alpha value is -1.69. The molecule has 2 heterocycles. The molecule has 21 heavy (non-hydrogen) atoms. The molecule has 0 radical (unpaired) electrons. The van der Waals surface area contributed by atoms with Crippen molar-refractivity contribution in [3.05, 3.63) is 57.8 Å². The van der Waals surface area contributed by atoms with Gasteiger partial charge in [-0.1, -0.05) is 12.1 Å². The molecule has 0 spiro atoms. The summed E-state index contributed by atoms with van der Waals surface area (Å²) in [5.41, 5.74) is 2.70. The second-order valence-electron chi connectivity index (χ2n) is 5.15. The van der Waals surface area contributed by atoms with Crippen molar-refractivity contribution in [1.29, 1.82) is 0 Å². The van der Waals surface area contributed by atoms with Crippen LogP contribution in [0.4, 0.5) is 0 Å². The molecule has 110 valence electrons. The fraction of sp³-hybridized carbons (Fsp3) is 0.312. The first-order valence-electron chi connectivity index (χ1n) is 6.90. The van der Waals surface area contributed by atoms with Crippen LogP contribution in [-0.2, 0) is 11.3 Å². The molecule has 2 aromatic rings. The van der Waals surface area contributed by atoms with E-state index in [-0.39, 0.29) is 6.10 Å². The van der Waals surface area contributed by atoms with E-state index in [4.69, 9.17) is 9.84 Å². The molecule has 0 amide bonds. The summed E-state index contributed by atoms with van der Waals surface area (Å²) < 4.78 is 5.83. The number of hydrogen-bond acceptors (Lipinski definition) is 4. The quantitative estimate of drug-likeness (QED) is 0.943. The lowest BCUT2D eigenvalue weighted by Gasteiger charge is -2.32. The van der Waals surface area contributed by atoms with Crippen LogP contribution in [0.1, 0.15) is 27.6 Å². The normalized spacial score (nSPS) is 19.5. The molecule has 1 aromatic carbocycles. The lowest BCUT2D eigenvalue weighted by atomic mass is 10.1. The Morgan fingerprint density at radius 3 is 2.81 bits per heavy atom. The van der Waals surface area contributed by atoms with Crippen LogP contribution in [0.25, 0.3) is 0 Å². The van der Waals surface area contributed by atoms with Gasteiger partial charge in [-0.05, 0) is 40.1 Å². The zero-order chi connectivity index (χ0) is 14.7. The summed E-state index contributed by atoms with van der Waals surface area (Å²) in [6.45, 7) is 3.33. The van der Waals surface area contributed by atoms with Crippen LogP contribution in [0.2, 0.25) is 0 Å². The van der Waals surface area contributed by atoms with Gasteiger partial charge in [0.05, 0.1) is 18.3 Å². The Kier molecular flexibility index (Phi) is 4.34. The van der Waals surface area contributed by atoms with E-state index in [1.54, 1.807) is 23.5 Å². The SMILES string of the molecule is O=C(O)c1ccc(CN2CCOC(c3ccsc3)C2)cc1. The highest BCUT2D eigenvalue weighted by molar-refractivity contribution is 7.07. The summed E-state index contributed by atoms with van der Waals surface area (Å²) in [6, 6.07) is 9.21. The Labute approximate surface area is 127 Å². The van der Waals surface area contributed by atoms with Crippen molar-refractivity contribution in [2.45, 2.75) is 12.6 Å². The second kappa shape index (κ2) is 6.39. The number of carbonyl (C=O) groups is 1. The third-order valence-electron chi connectivity index (χ3n) is 3.67. The number of benzene rings is 1. The van der Waals surface area contributed by atoms with Crippen LogP contribution in [0.5, 0.6) is 0 Å². The maximum absolute atomic E-state index is 10.9. The van der Waals surface area contributed by atoms with E-state index in [0.717, 1.165) is 31.8 Å². The molecule has 1 unspecified atom stereocenters. The smallest absolute Gasteiger partial charge is 0.335 e. The highest BCUT2D eigenvalue weighted by Crippen LogP contribution is 2.25. The van der Waals surface area contributed by atoms with Gasteiger partial charge in [0.1, 0.15) is 0 Å². The monoisotopic (exact) mass is 303 g/mol. The Balaban J connectivity index is 1.63. The number of carboxylic acids is 1. The molecule has 1 fully saturated rings. The van der Waals surface area contributed by atoms with E-state index in [0.29, 0.717) is 5.56 Å². The minimum absolute atomic E-state index is 0.142. The highest BCUT2D eigenvalue weighted by atomic mass is 32.1. The zero-order valence-corrected chi connectivity index (χ0v) is 12.4. The Bertz CT molecular complexity index is 594. The number of thiophene rings is 1. The fourth-order valence-corrected chi connectivity index (χ4v) is 3.22. The van der Waals surface area contributed by atoms with E-state index >= 15 is 0 Å². The van der Waals surface area contributed by atoms with Crippen molar-refractivity contribution in [2.24, 2.45) is 0 Å². The second-order valence-corrected chi connectivity index (χ2v) is 5.93. The number of carboxylic acid groups (broad SMARTS) is 1. The number of morpholine rings is 1. The number of ether oxygens (including phenoxy) is 1. The minimum atomic E-state index is -0.884. The zero-order valence-electron chi connectivity index (χ0n) is 11.6. The molecule has 4 nitrogen and oxygen atoms in total. The lowest BCUT2D eigenvalue weighted by Crippen LogP contribution is -2.37. The van der Waals surface area contributed by atoms with E-state index in [9.17, 15) is 4.79 Å². The van der Waals surface area contributed by atoms with Crippen LogP contribution in [0, 0.1) is 0 Å². The van der Waals surface area contributed by atoms with Gasteiger partial charge >= 0.3 is 5.97 Å². The first-order chi connectivity index (χ1) is 10.2. The van der Waals surface area contributed by atoms with E-state index in [1.807, 2.05) is 12.1 Å². The van der Waals surface area contributed by atoms with Crippen molar-refractivity contribution in [1.82, 2.24) is 4.90 Å². The summed E-state index contributed by atoms with van der Waals surface area (Å²) in [6.07, 6.45) is 0.142. The number of nitrogens with zero attached hydrogens (tertiary/aromatic N) is 1. The minimum Gasteiger partial charge on any atom is -0.478 e. The molecule has 3 rings (SSSR count). The molecule has 1 aromatic heterocycles. The summed E-state index contributed by atoms with van der Waals surface area (Å²) in [5, 5.41) is 13.1. The average Bonchev–Trinajstić information content (AvgIpc) is 3.02. The lowest BCUT2D eigenvalue weighted by molar-refractivity contribution is -0.0327. The molecule has 1 aliphatic heterocycles. The maximum atomic E-state index is 10.9. The van der Waals surface area contributed by atoms with Gasteiger partial charge in [0.15, 0.2) is 0 Å². The Morgan fingerprint density at radius 2 is 2.14 bits per heavy atom. The van der Waals surface area contributed by atoms with Crippen molar-refractivity contribution in [3.8, 4) is 0 Å². The number of rotatable bonds is 4. The first kappa shape index (κ1) is 14.3. The van der Waals surface area contributed by atoms with Crippen LogP contribution < -0.4 is 0 Å². The third-order valence-corrected chi connectivity index (χ3v) is 4.37. The molecule has 0 saturated carbocycles. The van der Waals surface area contributed by atoms with Crippen LogP contribution in [-0.4, -0.2) is 35.7 Å². The van der Waals surface area contributed by atoms with Gasteiger partial charge in [0.25, 0.3) is 0 Å². The summed E-state index contributed by atoms with van der Waals surface area (Å²) in [4.78, 5) is 13.2. The maximum Gasteiger partial charge on any atom is 0.335 e. The van der Waals surface area contributed by atoms with Crippen molar-refractivity contribution in [3.63, 3.8) is 0 Å². The molecule has 1 aliphatic rings. The average molecular weight is 303 g/mol. The van der Waals surface area contributed by atoms with Crippen molar-refractivity contribution >= 4 is 17.3 Å². The molecule has 1 atom stereocenters. The Morgan fingerprint density at radius 1 is 1.33 bits per heavy atom. The molecule has 0 bridgehead atoms. The largest absolute Gasteiger partial charge is 0.478 e. The standard InChI is InChI=1S/C16H17NO3S/c18-16(19)13-3-1-12(2-4-13)9-17-6-7-20-15(10-17)14-5-8-21-11-14/h1-5,8,11,15H,6-7,9-10H2,(H,18,19). The van der Waals surface area contributed by atoms with E-state index in [1.165, 1.54) is 5.56 Å². The number of hydrogen-bond donors (Lipinski definition) is 1. The van der Waals surface area contributed by atoms with Gasteiger partial charge in [0.2, 0.25) is 0 Å². The first-order valence-corrected chi connectivity index (χ1v) is 7.85. The van der Waals surface area contributed by atoms with Gasteiger partial charge in [-0.15, -0.1) is 0 Å². The summed E-state index contributed by atoms with van der Waals surface area (Å²) in [7, 11) is 0. The van der Waals surface area contributed by atoms with E-state index < -0.39 is 5.97 Å². The van der Waals surface area contributed by atoms with Gasteiger partial charge in [-0.2, -0.15) is 11.3 Å². The van der Waals surface area contributed by atoms with Gasteiger partial charge in [0, 0.05) is 19.6 Å². The van der Waals surface area contributed by atoms with Crippen molar-refractivity contribution in [2.75, 3.05) is 19.7 Å². The van der Waals surface area contributed by atoms with E-state index in [2.05, 4.69) is 21.7 Å². The van der Waals surface area contributed by atoms with Gasteiger partial charge in [-0.25, -0.2) is 4.79 Å². The van der Waals surface area contributed by atoms with Gasteiger partial charge in [-0.3, -0.25) is 4.90 Å². The molecular formula is C16H17NO3S. The topological polar surface area (TPSA) is 49.8 Å². The molecule has 1 N–H and O–H groups in total. The van der Waals surface area contributed by atoms with Crippen LogP contribution in [0.15, 0.2) is 41.1 Å². The summed E-state index contributed by atoms with van der Waals surface area (Å²) in [5.74, 6) is -0.884. The molecular weight excluding hydrogens is 286 g/mol. The highest BCUT2D eigenvalue weighted by Gasteiger charge is 2.22.